The number of halogens is 2. The van der Waals surface area contributed by atoms with E-state index in [1.165, 1.54) is 0 Å². The molecular formula is C14H9BrIN3O. The van der Waals surface area contributed by atoms with Crippen molar-refractivity contribution in [3.05, 3.63) is 50.5 Å². The van der Waals surface area contributed by atoms with E-state index in [0.29, 0.717) is 17.4 Å². The molecule has 0 radical (unpaired) electrons. The molecule has 3 rings (SSSR count). The highest BCUT2D eigenvalue weighted by atomic mass is 127. The Balaban J connectivity index is 2.01. The van der Waals surface area contributed by atoms with Gasteiger partial charge in [-0.3, -0.25) is 0 Å². The summed E-state index contributed by atoms with van der Waals surface area (Å²) in [6.07, 6.45) is 0. The molecule has 0 bridgehead atoms. The summed E-state index contributed by atoms with van der Waals surface area (Å²) in [7, 11) is 0. The standard InChI is InChI=1S/C14H9BrIN3O/c15-12-6-3-9(16)7-11(12)14-18-13(19-20-14)8-1-4-10(17)5-2-8/h1-7H,17H2. The van der Waals surface area contributed by atoms with Crippen LogP contribution in [0.1, 0.15) is 0 Å². The number of nitrogen functional groups attached to an aromatic ring is 1. The maximum Gasteiger partial charge on any atom is 0.259 e. The van der Waals surface area contributed by atoms with E-state index in [1.54, 1.807) is 0 Å². The predicted molar refractivity (Wildman–Crippen MR) is 90.0 cm³/mol. The van der Waals surface area contributed by atoms with Gasteiger partial charge in [-0.1, -0.05) is 5.16 Å². The highest BCUT2D eigenvalue weighted by Crippen LogP contribution is 2.30. The summed E-state index contributed by atoms with van der Waals surface area (Å²) < 4.78 is 7.37. The van der Waals surface area contributed by atoms with Crippen LogP contribution in [0.2, 0.25) is 0 Å². The Labute approximate surface area is 137 Å². The monoisotopic (exact) mass is 441 g/mol. The van der Waals surface area contributed by atoms with Crippen molar-refractivity contribution in [3.63, 3.8) is 0 Å². The number of hydrogen-bond acceptors (Lipinski definition) is 4. The van der Waals surface area contributed by atoms with E-state index >= 15 is 0 Å². The van der Waals surface area contributed by atoms with Crippen LogP contribution in [0.25, 0.3) is 22.8 Å². The van der Waals surface area contributed by atoms with Crippen molar-refractivity contribution in [3.8, 4) is 22.8 Å². The van der Waals surface area contributed by atoms with Crippen LogP contribution in [-0.4, -0.2) is 10.1 Å². The summed E-state index contributed by atoms with van der Waals surface area (Å²) in [6.45, 7) is 0. The Kier molecular flexibility index (Phi) is 3.75. The highest BCUT2D eigenvalue weighted by molar-refractivity contribution is 14.1. The molecule has 3 aromatic rings. The van der Waals surface area contributed by atoms with Gasteiger partial charge < -0.3 is 10.3 Å². The van der Waals surface area contributed by atoms with Gasteiger partial charge in [0.15, 0.2) is 0 Å². The number of anilines is 1. The fourth-order valence-electron chi connectivity index (χ4n) is 1.74. The molecule has 4 nitrogen and oxygen atoms in total. The van der Waals surface area contributed by atoms with Gasteiger partial charge in [0.25, 0.3) is 5.89 Å². The first kappa shape index (κ1) is 13.6. The van der Waals surface area contributed by atoms with Crippen molar-refractivity contribution in [2.24, 2.45) is 0 Å². The second kappa shape index (κ2) is 5.53. The van der Waals surface area contributed by atoms with E-state index in [4.69, 9.17) is 10.3 Å². The van der Waals surface area contributed by atoms with Gasteiger partial charge in [-0.25, -0.2) is 0 Å². The zero-order valence-corrected chi connectivity index (χ0v) is 13.9. The molecule has 0 spiro atoms. The summed E-state index contributed by atoms with van der Waals surface area (Å²) in [5, 5.41) is 4.01. The lowest BCUT2D eigenvalue weighted by Crippen LogP contribution is -1.85. The molecule has 2 N–H and O–H groups in total. The van der Waals surface area contributed by atoms with Crippen LogP contribution in [0.15, 0.2) is 51.5 Å². The normalized spacial score (nSPS) is 10.7. The SMILES string of the molecule is Nc1ccc(-c2noc(-c3cc(I)ccc3Br)n2)cc1. The van der Waals surface area contributed by atoms with Crippen LogP contribution < -0.4 is 5.73 Å². The summed E-state index contributed by atoms with van der Waals surface area (Å²) in [6, 6.07) is 13.3. The summed E-state index contributed by atoms with van der Waals surface area (Å²) >= 11 is 5.74. The number of aromatic nitrogens is 2. The Bertz CT molecular complexity index is 755. The molecule has 0 aliphatic heterocycles. The molecule has 2 aromatic carbocycles. The average Bonchev–Trinajstić information content (AvgIpc) is 2.92. The van der Waals surface area contributed by atoms with Crippen LogP contribution in [0.5, 0.6) is 0 Å². The maximum atomic E-state index is 5.67. The second-order valence-corrected chi connectivity index (χ2v) is 6.27. The van der Waals surface area contributed by atoms with Gasteiger partial charge in [0, 0.05) is 19.3 Å². The summed E-state index contributed by atoms with van der Waals surface area (Å²) in [5.41, 5.74) is 8.12. The fourth-order valence-corrected chi connectivity index (χ4v) is 2.65. The highest BCUT2D eigenvalue weighted by Gasteiger charge is 2.13. The zero-order valence-electron chi connectivity index (χ0n) is 10.2. The van der Waals surface area contributed by atoms with E-state index in [1.807, 2.05) is 42.5 Å². The molecule has 0 saturated heterocycles. The lowest BCUT2D eigenvalue weighted by Gasteiger charge is -1.99. The van der Waals surface area contributed by atoms with Gasteiger partial charge in [-0.15, -0.1) is 0 Å². The van der Waals surface area contributed by atoms with Crippen LogP contribution in [0.3, 0.4) is 0 Å². The largest absolute Gasteiger partial charge is 0.399 e. The molecule has 6 heteroatoms. The molecule has 0 unspecified atom stereocenters. The first-order valence-corrected chi connectivity index (χ1v) is 7.66. The van der Waals surface area contributed by atoms with Crippen molar-refractivity contribution >= 4 is 44.2 Å². The Morgan fingerprint density at radius 3 is 2.60 bits per heavy atom. The van der Waals surface area contributed by atoms with Crippen LogP contribution in [0.4, 0.5) is 5.69 Å². The van der Waals surface area contributed by atoms with Gasteiger partial charge in [-0.05, 0) is 81.0 Å². The molecule has 0 saturated carbocycles. The third-order valence-electron chi connectivity index (χ3n) is 2.75. The molecule has 20 heavy (non-hydrogen) atoms. The molecule has 0 atom stereocenters. The minimum atomic E-state index is 0.488. The minimum absolute atomic E-state index is 0.488. The van der Waals surface area contributed by atoms with E-state index in [-0.39, 0.29) is 0 Å². The lowest BCUT2D eigenvalue weighted by molar-refractivity contribution is 0.432. The topological polar surface area (TPSA) is 64.9 Å². The van der Waals surface area contributed by atoms with E-state index in [9.17, 15) is 0 Å². The smallest absolute Gasteiger partial charge is 0.259 e. The van der Waals surface area contributed by atoms with Crippen LogP contribution >= 0.6 is 38.5 Å². The van der Waals surface area contributed by atoms with Gasteiger partial charge >= 0.3 is 0 Å². The molecule has 1 aromatic heterocycles. The quantitative estimate of drug-likeness (QED) is 0.474. The first-order valence-electron chi connectivity index (χ1n) is 5.78. The van der Waals surface area contributed by atoms with Crippen molar-refractivity contribution < 1.29 is 4.52 Å². The number of benzene rings is 2. The van der Waals surface area contributed by atoms with Gasteiger partial charge in [0.05, 0.1) is 5.56 Å². The molecule has 0 aliphatic rings. The number of rotatable bonds is 2. The van der Waals surface area contributed by atoms with E-state index in [2.05, 4.69) is 48.7 Å². The Morgan fingerprint density at radius 1 is 1.10 bits per heavy atom. The van der Waals surface area contributed by atoms with Crippen molar-refractivity contribution in [2.45, 2.75) is 0 Å². The third-order valence-corrected chi connectivity index (χ3v) is 4.12. The van der Waals surface area contributed by atoms with E-state index in [0.717, 1.165) is 19.2 Å². The molecular weight excluding hydrogens is 433 g/mol. The molecule has 1 heterocycles. The molecule has 100 valence electrons. The minimum Gasteiger partial charge on any atom is -0.399 e. The van der Waals surface area contributed by atoms with Crippen molar-refractivity contribution in [2.75, 3.05) is 5.73 Å². The van der Waals surface area contributed by atoms with Gasteiger partial charge in [-0.2, -0.15) is 4.98 Å². The van der Waals surface area contributed by atoms with E-state index < -0.39 is 0 Å². The Hall–Kier alpha value is -1.41. The maximum absolute atomic E-state index is 5.67. The van der Waals surface area contributed by atoms with Crippen LogP contribution in [-0.2, 0) is 0 Å². The fraction of sp³-hybridized carbons (Fsp3) is 0. The van der Waals surface area contributed by atoms with Gasteiger partial charge in [0.1, 0.15) is 0 Å². The number of nitrogens with two attached hydrogens (primary N) is 1. The number of hydrogen-bond donors (Lipinski definition) is 1. The van der Waals surface area contributed by atoms with Crippen molar-refractivity contribution in [1.82, 2.24) is 10.1 Å². The molecule has 0 fully saturated rings. The number of nitrogens with zero attached hydrogens (tertiary/aromatic N) is 2. The molecule has 0 aliphatic carbocycles. The molecule has 0 amide bonds. The van der Waals surface area contributed by atoms with Crippen LogP contribution in [0, 0.1) is 3.57 Å². The van der Waals surface area contributed by atoms with Gasteiger partial charge in [0.2, 0.25) is 5.82 Å². The zero-order chi connectivity index (χ0) is 14.1. The Morgan fingerprint density at radius 2 is 1.85 bits per heavy atom. The first-order chi connectivity index (χ1) is 9.63. The third kappa shape index (κ3) is 2.71. The summed E-state index contributed by atoms with van der Waals surface area (Å²) in [4.78, 5) is 4.43. The second-order valence-electron chi connectivity index (χ2n) is 4.17. The average molecular weight is 442 g/mol. The lowest BCUT2D eigenvalue weighted by atomic mass is 10.2. The summed E-state index contributed by atoms with van der Waals surface area (Å²) in [5.74, 6) is 1.04. The van der Waals surface area contributed by atoms with Crippen molar-refractivity contribution in [1.29, 1.82) is 0 Å². The predicted octanol–water partition coefficient (Wildman–Crippen LogP) is 4.35.